The zero-order chi connectivity index (χ0) is 25.7. The molecular formula is C24H22N2O9S. The molecule has 0 saturated carbocycles. The molecule has 1 fully saturated rings. The Morgan fingerprint density at radius 2 is 1.92 bits per heavy atom. The summed E-state index contributed by atoms with van der Waals surface area (Å²) in [4.78, 5) is 49.9. The van der Waals surface area contributed by atoms with Gasteiger partial charge in [0.25, 0.3) is 11.1 Å². The Hall–Kier alpha value is -4.19. The summed E-state index contributed by atoms with van der Waals surface area (Å²) in [5, 5.41) is 11.0. The molecule has 12 heteroatoms. The van der Waals surface area contributed by atoms with E-state index in [0.29, 0.717) is 60.1 Å². The Balaban J connectivity index is 1.48. The highest BCUT2D eigenvalue weighted by molar-refractivity contribution is 8.18. The van der Waals surface area contributed by atoms with Crippen molar-refractivity contribution in [3.8, 4) is 23.0 Å². The van der Waals surface area contributed by atoms with Crippen molar-refractivity contribution in [2.24, 2.45) is 0 Å². The SMILES string of the molecule is CCOc1cccc(/C=C2\SC(=O)N(CC(=O)Nc3ccc4c(c3)OCCO4)C2=O)c1OCC(=O)O. The van der Waals surface area contributed by atoms with Gasteiger partial charge < -0.3 is 29.4 Å². The van der Waals surface area contributed by atoms with Crippen molar-refractivity contribution in [2.45, 2.75) is 6.92 Å². The topological polar surface area (TPSA) is 141 Å². The number of benzene rings is 2. The number of hydrogen-bond donors (Lipinski definition) is 2. The molecule has 4 rings (SSSR count). The number of aliphatic carboxylic acids is 1. The number of para-hydroxylation sites is 1. The van der Waals surface area contributed by atoms with Gasteiger partial charge in [0, 0.05) is 17.3 Å². The second-order valence-electron chi connectivity index (χ2n) is 7.46. The Bertz CT molecular complexity index is 1240. The summed E-state index contributed by atoms with van der Waals surface area (Å²) < 4.78 is 21.8. The van der Waals surface area contributed by atoms with Gasteiger partial charge >= 0.3 is 5.97 Å². The summed E-state index contributed by atoms with van der Waals surface area (Å²) in [5.41, 5.74) is 0.785. The molecular weight excluding hydrogens is 492 g/mol. The van der Waals surface area contributed by atoms with E-state index in [1.54, 1.807) is 43.3 Å². The van der Waals surface area contributed by atoms with Gasteiger partial charge in [-0.05, 0) is 43.0 Å². The molecule has 2 aromatic carbocycles. The average Bonchev–Trinajstić information content (AvgIpc) is 3.11. The van der Waals surface area contributed by atoms with E-state index in [9.17, 15) is 19.2 Å². The third-order valence-corrected chi connectivity index (χ3v) is 5.84. The predicted octanol–water partition coefficient (Wildman–Crippen LogP) is 2.99. The fourth-order valence-electron chi connectivity index (χ4n) is 3.45. The Kier molecular flexibility index (Phi) is 7.64. The molecule has 0 radical (unpaired) electrons. The van der Waals surface area contributed by atoms with Gasteiger partial charge in [0.2, 0.25) is 5.91 Å². The molecule has 0 spiro atoms. The molecule has 2 aliphatic heterocycles. The number of rotatable bonds is 9. The molecule has 11 nitrogen and oxygen atoms in total. The Morgan fingerprint density at radius 1 is 1.14 bits per heavy atom. The van der Waals surface area contributed by atoms with E-state index in [0.717, 1.165) is 4.90 Å². The number of hydrogen-bond acceptors (Lipinski definition) is 9. The lowest BCUT2D eigenvalue weighted by Crippen LogP contribution is -2.36. The molecule has 2 aromatic rings. The van der Waals surface area contributed by atoms with Gasteiger partial charge in [0.15, 0.2) is 29.6 Å². The first kappa shape index (κ1) is 24.9. The molecule has 0 unspecified atom stereocenters. The van der Waals surface area contributed by atoms with Crippen LogP contribution in [0.5, 0.6) is 23.0 Å². The van der Waals surface area contributed by atoms with Gasteiger partial charge in [-0.25, -0.2) is 4.79 Å². The minimum atomic E-state index is -1.18. The number of anilines is 1. The van der Waals surface area contributed by atoms with Crippen molar-refractivity contribution in [1.29, 1.82) is 0 Å². The summed E-state index contributed by atoms with van der Waals surface area (Å²) >= 11 is 0.665. The molecule has 2 heterocycles. The number of carboxylic acid groups (broad SMARTS) is 1. The zero-order valence-corrected chi connectivity index (χ0v) is 20.0. The zero-order valence-electron chi connectivity index (χ0n) is 19.1. The van der Waals surface area contributed by atoms with E-state index in [1.165, 1.54) is 6.08 Å². The number of imide groups is 1. The van der Waals surface area contributed by atoms with Crippen LogP contribution in [0, 0.1) is 0 Å². The molecule has 3 amide bonds. The standard InChI is InChI=1S/C24H22N2O9S/c1-2-32-17-5-3-4-14(22(17)35-13-21(28)29)10-19-23(30)26(24(31)36-19)12-20(27)25-15-6-7-16-18(11-15)34-9-8-33-16/h3-7,10-11H,2,8-9,12-13H2,1H3,(H,25,27)(H,28,29)/b19-10-. The van der Waals surface area contributed by atoms with Crippen molar-refractivity contribution in [2.75, 3.05) is 38.3 Å². The monoisotopic (exact) mass is 514 g/mol. The van der Waals surface area contributed by atoms with Crippen LogP contribution in [-0.4, -0.2) is 66.0 Å². The average molecular weight is 515 g/mol. The first-order chi connectivity index (χ1) is 17.4. The fourth-order valence-corrected chi connectivity index (χ4v) is 4.28. The van der Waals surface area contributed by atoms with E-state index in [-0.39, 0.29) is 10.7 Å². The van der Waals surface area contributed by atoms with E-state index in [1.807, 2.05) is 0 Å². The molecule has 2 N–H and O–H groups in total. The van der Waals surface area contributed by atoms with Crippen LogP contribution in [-0.2, 0) is 14.4 Å². The van der Waals surface area contributed by atoms with Gasteiger partial charge in [-0.1, -0.05) is 12.1 Å². The van der Waals surface area contributed by atoms with Crippen LogP contribution in [0.3, 0.4) is 0 Å². The second-order valence-corrected chi connectivity index (χ2v) is 8.46. The minimum absolute atomic E-state index is 0.0564. The van der Waals surface area contributed by atoms with Crippen LogP contribution in [0.25, 0.3) is 6.08 Å². The van der Waals surface area contributed by atoms with Gasteiger partial charge in [-0.2, -0.15) is 0 Å². The van der Waals surface area contributed by atoms with E-state index >= 15 is 0 Å². The number of nitrogens with zero attached hydrogens (tertiary/aromatic N) is 1. The first-order valence-corrected chi connectivity index (χ1v) is 11.7. The summed E-state index contributed by atoms with van der Waals surface area (Å²) in [6, 6.07) is 9.74. The molecule has 0 bridgehead atoms. The predicted molar refractivity (Wildman–Crippen MR) is 129 cm³/mol. The number of carbonyl (C=O) groups is 4. The third kappa shape index (κ3) is 5.71. The van der Waals surface area contributed by atoms with Crippen molar-refractivity contribution < 1.29 is 43.2 Å². The lowest BCUT2D eigenvalue weighted by molar-refractivity contribution is -0.139. The second kappa shape index (κ2) is 11.0. The molecule has 0 atom stereocenters. The van der Waals surface area contributed by atoms with Crippen LogP contribution in [0.2, 0.25) is 0 Å². The number of fused-ring (bicyclic) bond motifs is 1. The van der Waals surface area contributed by atoms with Crippen molar-refractivity contribution in [1.82, 2.24) is 4.90 Å². The van der Waals surface area contributed by atoms with E-state index < -0.39 is 36.2 Å². The Labute approximate surface area is 209 Å². The fraction of sp³-hybridized carbons (Fsp3) is 0.250. The highest BCUT2D eigenvalue weighted by Crippen LogP contribution is 2.38. The largest absolute Gasteiger partial charge is 0.490 e. The van der Waals surface area contributed by atoms with Gasteiger partial charge in [-0.3, -0.25) is 19.3 Å². The van der Waals surface area contributed by atoms with Crippen LogP contribution < -0.4 is 24.3 Å². The summed E-state index contributed by atoms with van der Waals surface area (Å²) in [6.45, 7) is 1.79. The number of carboxylic acids is 1. The lowest BCUT2D eigenvalue weighted by Gasteiger charge is -2.19. The smallest absolute Gasteiger partial charge is 0.341 e. The minimum Gasteiger partial charge on any atom is -0.490 e. The maximum absolute atomic E-state index is 12.9. The summed E-state index contributed by atoms with van der Waals surface area (Å²) in [6.07, 6.45) is 1.41. The number of amides is 3. The van der Waals surface area contributed by atoms with Gasteiger partial charge in [-0.15, -0.1) is 0 Å². The highest BCUT2D eigenvalue weighted by Gasteiger charge is 2.36. The highest BCUT2D eigenvalue weighted by atomic mass is 32.2. The van der Waals surface area contributed by atoms with Crippen molar-refractivity contribution in [3.63, 3.8) is 0 Å². The normalized spacial score (nSPS) is 15.7. The quantitative estimate of drug-likeness (QED) is 0.480. The molecule has 1 saturated heterocycles. The maximum Gasteiger partial charge on any atom is 0.341 e. The van der Waals surface area contributed by atoms with Crippen molar-refractivity contribution >= 4 is 46.5 Å². The maximum atomic E-state index is 12.9. The molecule has 0 aromatic heterocycles. The molecule has 0 aliphatic carbocycles. The van der Waals surface area contributed by atoms with Crippen LogP contribution in [0.1, 0.15) is 12.5 Å². The summed E-state index contributed by atoms with van der Waals surface area (Å²) in [5.74, 6) is -0.932. The number of thioether (sulfide) groups is 1. The number of carbonyl (C=O) groups excluding carboxylic acids is 3. The van der Waals surface area contributed by atoms with Crippen LogP contribution in [0.4, 0.5) is 10.5 Å². The third-order valence-electron chi connectivity index (χ3n) is 4.94. The van der Waals surface area contributed by atoms with Crippen LogP contribution in [0.15, 0.2) is 41.3 Å². The van der Waals surface area contributed by atoms with Gasteiger partial charge in [0.05, 0.1) is 11.5 Å². The molecule has 36 heavy (non-hydrogen) atoms. The molecule has 188 valence electrons. The lowest BCUT2D eigenvalue weighted by atomic mass is 10.1. The van der Waals surface area contributed by atoms with E-state index in [2.05, 4.69) is 5.32 Å². The Morgan fingerprint density at radius 3 is 2.67 bits per heavy atom. The van der Waals surface area contributed by atoms with Crippen molar-refractivity contribution in [3.05, 3.63) is 46.9 Å². The first-order valence-electron chi connectivity index (χ1n) is 10.9. The van der Waals surface area contributed by atoms with Crippen LogP contribution >= 0.6 is 11.8 Å². The molecule has 2 aliphatic rings. The number of ether oxygens (including phenoxy) is 4. The number of nitrogens with one attached hydrogen (secondary N) is 1. The summed E-state index contributed by atoms with van der Waals surface area (Å²) in [7, 11) is 0. The van der Waals surface area contributed by atoms with Gasteiger partial charge in [0.1, 0.15) is 19.8 Å². The van der Waals surface area contributed by atoms with E-state index in [4.69, 9.17) is 24.1 Å².